The Balaban J connectivity index is 3.88. The standard InChI is InChI=1S/C12H24N2O3S/c1-9(18-4)6-8-13-11(17)14-12(2,3)7-5-10(15)16/h9H,5-8H2,1-4H3,(H,15,16)(H2,13,14,17). The highest BCUT2D eigenvalue weighted by atomic mass is 32.2. The predicted molar refractivity (Wildman–Crippen MR) is 75.1 cm³/mol. The average Bonchev–Trinajstić information content (AvgIpc) is 2.25. The van der Waals surface area contributed by atoms with Gasteiger partial charge >= 0.3 is 12.0 Å². The maximum atomic E-state index is 11.6. The Morgan fingerprint density at radius 3 is 2.50 bits per heavy atom. The lowest BCUT2D eigenvalue weighted by Crippen LogP contribution is -2.48. The highest BCUT2D eigenvalue weighted by Crippen LogP contribution is 2.11. The van der Waals surface area contributed by atoms with Gasteiger partial charge in [0.05, 0.1) is 0 Å². The first-order valence-corrected chi connectivity index (χ1v) is 7.36. The van der Waals surface area contributed by atoms with Crippen LogP contribution < -0.4 is 10.6 Å². The van der Waals surface area contributed by atoms with Crippen molar-refractivity contribution in [3.05, 3.63) is 0 Å². The zero-order valence-electron chi connectivity index (χ0n) is 11.6. The average molecular weight is 276 g/mol. The van der Waals surface area contributed by atoms with Gasteiger partial charge in [-0.1, -0.05) is 6.92 Å². The van der Waals surface area contributed by atoms with Crippen LogP contribution in [0, 0.1) is 0 Å². The molecule has 0 saturated carbocycles. The van der Waals surface area contributed by atoms with Crippen molar-refractivity contribution < 1.29 is 14.7 Å². The minimum Gasteiger partial charge on any atom is -0.481 e. The summed E-state index contributed by atoms with van der Waals surface area (Å²) in [7, 11) is 0. The summed E-state index contributed by atoms with van der Waals surface area (Å²) in [6, 6.07) is -0.237. The van der Waals surface area contributed by atoms with Gasteiger partial charge in [-0.3, -0.25) is 4.79 Å². The van der Waals surface area contributed by atoms with Crippen LogP contribution in [-0.2, 0) is 4.79 Å². The number of carbonyl (C=O) groups is 2. The SMILES string of the molecule is CSC(C)CCNC(=O)NC(C)(C)CCC(=O)O. The maximum Gasteiger partial charge on any atom is 0.315 e. The number of hydrogen-bond donors (Lipinski definition) is 3. The van der Waals surface area contributed by atoms with Crippen molar-refractivity contribution in [1.29, 1.82) is 0 Å². The monoisotopic (exact) mass is 276 g/mol. The summed E-state index contributed by atoms with van der Waals surface area (Å²) in [5, 5.41) is 14.7. The van der Waals surface area contributed by atoms with Crippen molar-refractivity contribution in [2.75, 3.05) is 12.8 Å². The second-order valence-electron chi connectivity index (χ2n) is 4.99. The second-order valence-corrected chi connectivity index (χ2v) is 6.27. The van der Waals surface area contributed by atoms with E-state index in [1.165, 1.54) is 0 Å². The second kappa shape index (κ2) is 8.24. The fourth-order valence-corrected chi connectivity index (χ4v) is 1.69. The molecule has 0 aliphatic carbocycles. The van der Waals surface area contributed by atoms with Crippen molar-refractivity contribution in [2.45, 2.75) is 50.8 Å². The quantitative estimate of drug-likeness (QED) is 0.634. The van der Waals surface area contributed by atoms with E-state index in [2.05, 4.69) is 17.6 Å². The summed E-state index contributed by atoms with van der Waals surface area (Å²) in [5.74, 6) is -0.848. The van der Waals surface area contributed by atoms with Gasteiger partial charge in [0.1, 0.15) is 0 Å². The van der Waals surface area contributed by atoms with Gasteiger partial charge < -0.3 is 15.7 Å². The molecule has 0 bridgehead atoms. The number of rotatable bonds is 8. The first kappa shape index (κ1) is 17.1. The third-order valence-corrected chi connectivity index (χ3v) is 3.70. The van der Waals surface area contributed by atoms with Crippen LogP contribution in [0.25, 0.3) is 0 Å². The third kappa shape index (κ3) is 9.15. The minimum atomic E-state index is -0.848. The summed E-state index contributed by atoms with van der Waals surface area (Å²) >= 11 is 1.76. The van der Waals surface area contributed by atoms with E-state index in [0.29, 0.717) is 18.2 Å². The Morgan fingerprint density at radius 2 is 2.00 bits per heavy atom. The molecule has 0 spiro atoms. The lowest BCUT2D eigenvalue weighted by molar-refractivity contribution is -0.137. The van der Waals surface area contributed by atoms with Crippen LogP contribution in [-0.4, -0.2) is 40.7 Å². The Morgan fingerprint density at radius 1 is 1.39 bits per heavy atom. The van der Waals surface area contributed by atoms with Crippen molar-refractivity contribution in [3.8, 4) is 0 Å². The fraction of sp³-hybridized carbons (Fsp3) is 0.833. The van der Waals surface area contributed by atoms with Crippen molar-refractivity contribution in [3.63, 3.8) is 0 Å². The summed E-state index contributed by atoms with van der Waals surface area (Å²) in [5.41, 5.74) is -0.506. The van der Waals surface area contributed by atoms with Crippen LogP contribution in [0.4, 0.5) is 4.79 Å². The molecule has 0 saturated heterocycles. The Hall–Kier alpha value is -0.910. The lowest BCUT2D eigenvalue weighted by atomic mass is 9.99. The van der Waals surface area contributed by atoms with Crippen LogP contribution in [0.3, 0.4) is 0 Å². The van der Waals surface area contributed by atoms with Crippen LogP contribution >= 0.6 is 11.8 Å². The van der Waals surface area contributed by atoms with Gasteiger partial charge in [0.15, 0.2) is 0 Å². The van der Waals surface area contributed by atoms with Gasteiger partial charge in [-0.25, -0.2) is 4.79 Å². The number of nitrogens with one attached hydrogen (secondary N) is 2. The molecule has 1 atom stereocenters. The van der Waals surface area contributed by atoms with Gasteiger partial charge in [-0.15, -0.1) is 0 Å². The van der Waals surface area contributed by atoms with E-state index in [9.17, 15) is 9.59 Å². The number of aliphatic carboxylic acids is 1. The molecule has 0 radical (unpaired) electrons. The van der Waals surface area contributed by atoms with Crippen LogP contribution in [0.5, 0.6) is 0 Å². The van der Waals surface area contributed by atoms with Crippen LogP contribution in [0.15, 0.2) is 0 Å². The summed E-state index contributed by atoms with van der Waals surface area (Å²) in [6.07, 6.45) is 3.43. The highest BCUT2D eigenvalue weighted by molar-refractivity contribution is 7.99. The number of urea groups is 1. The largest absolute Gasteiger partial charge is 0.481 e. The number of carboxylic acids is 1. The molecule has 0 rings (SSSR count). The summed E-state index contributed by atoms with van der Waals surface area (Å²) in [6.45, 7) is 6.38. The van der Waals surface area contributed by atoms with Gasteiger partial charge in [-0.05, 0) is 32.9 Å². The van der Waals surface area contributed by atoms with E-state index in [4.69, 9.17) is 5.11 Å². The lowest BCUT2D eigenvalue weighted by Gasteiger charge is -2.25. The normalized spacial score (nSPS) is 12.9. The highest BCUT2D eigenvalue weighted by Gasteiger charge is 2.21. The molecule has 106 valence electrons. The molecular weight excluding hydrogens is 252 g/mol. The zero-order valence-corrected chi connectivity index (χ0v) is 12.4. The number of carboxylic acid groups (broad SMARTS) is 1. The van der Waals surface area contributed by atoms with E-state index in [0.717, 1.165) is 6.42 Å². The van der Waals surface area contributed by atoms with Crippen LogP contribution in [0.2, 0.25) is 0 Å². The molecule has 6 heteroatoms. The Kier molecular flexibility index (Phi) is 7.82. The van der Waals surface area contributed by atoms with E-state index in [1.807, 2.05) is 20.1 Å². The van der Waals surface area contributed by atoms with Gasteiger partial charge in [0.2, 0.25) is 0 Å². The zero-order chi connectivity index (χ0) is 14.2. The topological polar surface area (TPSA) is 78.4 Å². The molecule has 0 fully saturated rings. The fourth-order valence-electron chi connectivity index (χ4n) is 1.34. The van der Waals surface area contributed by atoms with Crippen molar-refractivity contribution in [2.24, 2.45) is 0 Å². The first-order chi connectivity index (χ1) is 8.26. The van der Waals surface area contributed by atoms with Gasteiger partial charge in [0.25, 0.3) is 0 Å². The molecule has 0 aliphatic rings. The Labute approximate surface area is 113 Å². The molecule has 5 nitrogen and oxygen atoms in total. The first-order valence-electron chi connectivity index (χ1n) is 6.07. The third-order valence-electron chi connectivity index (χ3n) is 2.65. The molecular formula is C12H24N2O3S. The molecule has 1 unspecified atom stereocenters. The molecule has 3 N–H and O–H groups in total. The molecule has 18 heavy (non-hydrogen) atoms. The molecule has 0 aromatic carbocycles. The van der Waals surface area contributed by atoms with Gasteiger partial charge in [0, 0.05) is 23.8 Å². The number of carbonyl (C=O) groups excluding carboxylic acids is 1. The van der Waals surface area contributed by atoms with E-state index < -0.39 is 11.5 Å². The van der Waals surface area contributed by atoms with Crippen molar-refractivity contribution >= 4 is 23.8 Å². The predicted octanol–water partition coefficient (Wildman–Crippen LogP) is 2.07. The maximum absolute atomic E-state index is 11.6. The smallest absolute Gasteiger partial charge is 0.315 e. The van der Waals surface area contributed by atoms with Crippen molar-refractivity contribution in [1.82, 2.24) is 10.6 Å². The molecule has 0 aliphatic heterocycles. The van der Waals surface area contributed by atoms with E-state index in [1.54, 1.807) is 11.8 Å². The van der Waals surface area contributed by atoms with E-state index >= 15 is 0 Å². The number of hydrogen-bond acceptors (Lipinski definition) is 3. The minimum absolute atomic E-state index is 0.0524. The molecule has 0 aromatic heterocycles. The number of amides is 2. The van der Waals surface area contributed by atoms with Crippen LogP contribution in [0.1, 0.15) is 40.0 Å². The summed E-state index contributed by atoms with van der Waals surface area (Å²) < 4.78 is 0. The molecule has 0 aromatic rings. The molecule has 2 amide bonds. The number of thioether (sulfide) groups is 1. The summed E-state index contributed by atoms with van der Waals surface area (Å²) in [4.78, 5) is 22.1. The Bertz CT molecular complexity index is 282. The molecule has 0 heterocycles. The van der Waals surface area contributed by atoms with E-state index in [-0.39, 0.29) is 12.5 Å². The van der Waals surface area contributed by atoms with Gasteiger partial charge in [-0.2, -0.15) is 11.8 Å².